The normalized spacial score (nSPS) is 30.4. The first-order valence-corrected chi connectivity index (χ1v) is 16.4. The number of hydrogen-bond donors (Lipinski definition) is 0. The summed E-state index contributed by atoms with van der Waals surface area (Å²) in [7, 11) is 0. The van der Waals surface area contributed by atoms with Crippen LogP contribution in [0, 0.1) is 11.3 Å². The molecule has 0 nitrogen and oxygen atoms in total. The maximum absolute atomic E-state index is 2.61. The molecule has 1 heteroatoms. The Labute approximate surface area is 94.7 Å². The molecule has 0 atom stereocenters. The molecule has 1 rings (SSSR count). The van der Waals surface area contributed by atoms with Gasteiger partial charge < -0.3 is 0 Å². The molecule has 1 aliphatic rings. The molecule has 0 aromatic rings. The van der Waals surface area contributed by atoms with E-state index in [0.29, 0.717) is 5.41 Å². The molecular formula is C13H28Sn. The summed E-state index contributed by atoms with van der Waals surface area (Å²) in [4.78, 5) is 7.82. The van der Waals surface area contributed by atoms with Crippen LogP contribution in [-0.4, -0.2) is 18.4 Å². The summed E-state index contributed by atoms with van der Waals surface area (Å²) in [5.41, 5.74) is 0.554. The van der Waals surface area contributed by atoms with Crippen molar-refractivity contribution in [2.75, 3.05) is 0 Å². The first-order valence-electron chi connectivity index (χ1n) is 6.21. The molecule has 1 fully saturated rings. The minimum absolute atomic E-state index is 0.554. The van der Waals surface area contributed by atoms with Crippen LogP contribution in [0.5, 0.6) is 0 Å². The van der Waals surface area contributed by atoms with Crippen molar-refractivity contribution >= 4 is 18.4 Å². The van der Waals surface area contributed by atoms with Crippen molar-refractivity contribution in [3.63, 3.8) is 0 Å². The fourth-order valence-electron chi connectivity index (χ4n) is 2.83. The van der Waals surface area contributed by atoms with E-state index in [1.165, 1.54) is 16.8 Å². The van der Waals surface area contributed by atoms with E-state index in [2.05, 4.69) is 35.6 Å². The van der Waals surface area contributed by atoms with E-state index in [1.54, 1.807) is 12.8 Å². The molecule has 0 unspecified atom stereocenters. The predicted octanol–water partition coefficient (Wildman–Crippen LogP) is 4.93. The van der Waals surface area contributed by atoms with E-state index >= 15 is 0 Å². The molecule has 1 aliphatic carbocycles. The second-order valence-corrected chi connectivity index (χ2v) is 23.1. The van der Waals surface area contributed by atoms with Gasteiger partial charge in [-0.2, -0.15) is 0 Å². The van der Waals surface area contributed by atoms with Crippen molar-refractivity contribution in [2.24, 2.45) is 11.3 Å². The van der Waals surface area contributed by atoms with Gasteiger partial charge in [0, 0.05) is 0 Å². The second-order valence-electron chi connectivity index (χ2n) is 7.28. The van der Waals surface area contributed by atoms with Gasteiger partial charge in [0.15, 0.2) is 0 Å². The Hall–Kier alpha value is 0.799. The van der Waals surface area contributed by atoms with E-state index in [4.69, 9.17) is 0 Å². The van der Waals surface area contributed by atoms with Crippen molar-refractivity contribution in [3.8, 4) is 0 Å². The molecule has 0 aromatic carbocycles. The monoisotopic (exact) mass is 304 g/mol. The van der Waals surface area contributed by atoms with Crippen molar-refractivity contribution in [1.82, 2.24) is 0 Å². The molecule has 0 aliphatic heterocycles. The number of rotatable bonds is 1. The molecular weight excluding hydrogens is 275 g/mol. The van der Waals surface area contributed by atoms with Crippen LogP contribution in [0.25, 0.3) is 0 Å². The zero-order chi connectivity index (χ0) is 11.0. The van der Waals surface area contributed by atoms with Crippen LogP contribution in [0.15, 0.2) is 0 Å². The standard InChI is InChI=1S/C10H19.3CH3.Sn/c1-10(2,3)9-7-5-4-6-8-9;;;;/h4,9H,5-8H2,1-3H3;3*1H3;. The van der Waals surface area contributed by atoms with Crippen LogP contribution in [0.1, 0.15) is 46.5 Å². The van der Waals surface area contributed by atoms with Gasteiger partial charge in [-0.3, -0.25) is 0 Å². The van der Waals surface area contributed by atoms with Crippen molar-refractivity contribution in [3.05, 3.63) is 0 Å². The maximum atomic E-state index is 2.61. The second kappa shape index (κ2) is 4.35. The Morgan fingerprint density at radius 3 is 1.57 bits per heavy atom. The van der Waals surface area contributed by atoms with Crippen LogP contribution in [0.4, 0.5) is 0 Å². The van der Waals surface area contributed by atoms with Gasteiger partial charge in [0.05, 0.1) is 0 Å². The molecule has 84 valence electrons. The average molecular weight is 303 g/mol. The number of hydrogen-bond acceptors (Lipinski definition) is 0. The third kappa shape index (κ3) is 3.43. The van der Waals surface area contributed by atoms with Crippen LogP contribution in [-0.2, 0) is 0 Å². The molecule has 0 radical (unpaired) electrons. The van der Waals surface area contributed by atoms with Crippen LogP contribution < -0.4 is 0 Å². The van der Waals surface area contributed by atoms with E-state index in [-0.39, 0.29) is 0 Å². The summed E-state index contributed by atoms with van der Waals surface area (Å²) < 4.78 is 1.17. The molecule has 0 aromatic heterocycles. The van der Waals surface area contributed by atoms with Gasteiger partial charge in [-0.05, 0) is 0 Å². The minimum atomic E-state index is -1.55. The first-order chi connectivity index (χ1) is 6.21. The van der Waals surface area contributed by atoms with E-state index in [0.717, 1.165) is 5.92 Å². The molecule has 0 spiro atoms. The first kappa shape index (κ1) is 12.9. The molecule has 1 saturated carbocycles. The third-order valence-electron chi connectivity index (χ3n) is 4.18. The predicted molar refractivity (Wildman–Crippen MR) is 68.5 cm³/mol. The summed E-state index contributed by atoms with van der Waals surface area (Å²) >= 11 is -1.55. The van der Waals surface area contributed by atoms with Gasteiger partial charge in [-0.1, -0.05) is 0 Å². The Balaban J connectivity index is 2.47. The van der Waals surface area contributed by atoms with Gasteiger partial charge in [0.2, 0.25) is 0 Å². The molecule has 14 heavy (non-hydrogen) atoms. The summed E-state index contributed by atoms with van der Waals surface area (Å²) in [6, 6.07) is 0. The molecule has 0 amide bonds. The van der Waals surface area contributed by atoms with E-state index in [1.807, 2.05) is 0 Å². The van der Waals surface area contributed by atoms with Gasteiger partial charge in [0.1, 0.15) is 0 Å². The van der Waals surface area contributed by atoms with E-state index in [9.17, 15) is 0 Å². The Morgan fingerprint density at radius 2 is 1.29 bits per heavy atom. The molecule has 0 N–H and O–H groups in total. The van der Waals surface area contributed by atoms with Gasteiger partial charge in [-0.15, -0.1) is 0 Å². The Kier molecular flexibility index (Phi) is 4.00. The Bertz CT molecular complexity index is 152. The zero-order valence-corrected chi connectivity index (χ0v) is 13.8. The van der Waals surface area contributed by atoms with Crippen molar-refractivity contribution in [1.29, 1.82) is 0 Å². The van der Waals surface area contributed by atoms with Crippen LogP contribution >= 0.6 is 0 Å². The molecule has 0 saturated heterocycles. The summed E-state index contributed by atoms with van der Waals surface area (Å²) in [6.07, 6.45) is 6.09. The fourth-order valence-corrected chi connectivity index (χ4v) is 8.72. The summed E-state index contributed by atoms with van der Waals surface area (Å²) in [5, 5.41) is 0. The van der Waals surface area contributed by atoms with Crippen molar-refractivity contribution < 1.29 is 0 Å². The zero-order valence-electron chi connectivity index (χ0n) is 11.0. The quantitative estimate of drug-likeness (QED) is 0.602. The summed E-state index contributed by atoms with van der Waals surface area (Å²) in [6.45, 7) is 7.25. The molecule has 0 heterocycles. The topological polar surface area (TPSA) is 0 Å². The van der Waals surface area contributed by atoms with Crippen LogP contribution in [0.3, 0.4) is 0 Å². The third-order valence-corrected chi connectivity index (χ3v) is 12.8. The van der Waals surface area contributed by atoms with Gasteiger partial charge in [0.25, 0.3) is 0 Å². The summed E-state index contributed by atoms with van der Waals surface area (Å²) in [5.74, 6) is 0.993. The molecule has 0 bridgehead atoms. The van der Waals surface area contributed by atoms with Crippen LogP contribution in [0.2, 0.25) is 18.8 Å². The SMILES string of the molecule is CC(C)(C)C1CC[CH]([Sn]([CH3])([CH3])[CH3])CC1. The van der Waals surface area contributed by atoms with Gasteiger partial charge in [-0.25, -0.2) is 0 Å². The fraction of sp³-hybridized carbons (Fsp3) is 1.00. The van der Waals surface area contributed by atoms with Gasteiger partial charge >= 0.3 is 94.9 Å². The van der Waals surface area contributed by atoms with Crippen molar-refractivity contribution in [2.45, 2.75) is 65.2 Å². The Morgan fingerprint density at radius 1 is 0.857 bits per heavy atom. The average Bonchev–Trinajstić information content (AvgIpc) is 2.01. The van der Waals surface area contributed by atoms with E-state index < -0.39 is 18.4 Å².